The lowest BCUT2D eigenvalue weighted by Crippen LogP contribution is -2.41. The maximum absolute atomic E-state index is 11.4. The Balaban J connectivity index is 2.33. The molecule has 0 aliphatic heterocycles. The van der Waals surface area contributed by atoms with Crippen LogP contribution in [0.15, 0.2) is 0 Å². The SMILES string of the molecule is CC(NS(=O)(=O)CCCO)C1CCC1. The van der Waals surface area contributed by atoms with Gasteiger partial charge in [-0.1, -0.05) is 6.42 Å². The molecule has 0 saturated heterocycles. The monoisotopic (exact) mass is 221 g/mol. The molecule has 1 aliphatic rings. The molecule has 0 aromatic rings. The molecule has 0 radical (unpaired) electrons. The molecule has 0 heterocycles. The van der Waals surface area contributed by atoms with E-state index in [2.05, 4.69) is 4.72 Å². The van der Waals surface area contributed by atoms with Gasteiger partial charge in [0.15, 0.2) is 0 Å². The van der Waals surface area contributed by atoms with Crippen LogP contribution in [0.3, 0.4) is 0 Å². The second kappa shape index (κ2) is 5.09. The van der Waals surface area contributed by atoms with Crippen molar-refractivity contribution in [3.63, 3.8) is 0 Å². The maximum Gasteiger partial charge on any atom is 0.211 e. The van der Waals surface area contributed by atoms with E-state index in [0.29, 0.717) is 12.3 Å². The molecule has 14 heavy (non-hydrogen) atoms. The first-order valence-electron chi connectivity index (χ1n) is 5.16. The normalized spacial score (nSPS) is 20.4. The van der Waals surface area contributed by atoms with Gasteiger partial charge in [0, 0.05) is 12.6 Å². The third kappa shape index (κ3) is 3.55. The van der Waals surface area contributed by atoms with Gasteiger partial charge in [-0.3, -0.25) is 0 Å². The highest BCUT2D eigenvalue weighted by molar-refractivity contribution is 7.89. The van der Waals surface area contributed by atoms with E-state index in [-0.39, 0.29) is 18.4 Å². The van der Waals surface area contributed by atoms with Gasteiger partial charge in [0.25, 0.3) is 0 Å². The van der Waals surface area contributed by atoms with Crippen molar-refractivity contribution in [2.75, 3.05) is 12.4 Å². The van der Waals surface area contributed by atoms with Crippen LogP contribution >= 0.6 is 0 Å². The Morgan fingerprint density at radius 3 is 2.57 bits per heavy atom. The van der Waals surface area contributed by atoms with Gasteiger partial charge in [-0.2, -0.15) is 0 Å². The fourth-order valence-electron chi connectivity index (χ4n) is 1.63. The number of aliphatic hydroxyl groups is 1. The van der Waals surface area contributed by atoms with Crippen LogP contribution in [0, 0.1) is 5.92 Å². The molecule has 0 spiro atoms. The third-order valence-corrected chi connectivity index (χ3v) is 4.35. The molecular weight excluding hydrogens is 202 g/mol. The maximum atomic E-state index is 11.4. The van der Waals surface area contributed by atoms with Crippen LogP contribution < -0.4 is 4.72 Å². The highest BCUT2D eigenvalue weighted by atomic mass is 32.2. The van der Waals surface area contributed by atoms with Crippen molar-refractivity contribution in [3.8, 4) is 0 Å². The van der Waals surface area contributed by atoms with Crippen LogP contribution in [-0.4, -0.2) is 31.9 Å². The van der Waals surface area contributed by atoms with Gasteiger partial charge >= 0.3 is 0 Å². The lowest BCUT2D eigenvalue weighted by molar-refractivity contribution is 0.260. The Hall–Kier alpha value is -0.130. The summed E-state index contributed by atoms with van der Waals surface area (Å²) in [6.45, 7) is 1.85. The van der Waals surface area contributed by atoms with Crippen molar-refractivity contribution < 1.29 is 13.5 Å². The van der Waals surface area contributed by atoms with Crippen molar-refractivity contribution in [1.29, 1.82) is 0 Å². The summed E-state index contributed by atoms with van der Waals surface area (Å²) >= 11 is 0. The average molecular weight is 221 g/mol. The van der Waals surface area contributed by atoms with E-state index < -0.39 is 10.0 Å². The van der Waals surface area contributed by atoms with Gasteiger partial charge in [-0.05, 0) is 32.1 Å². The zero-order valence-corrected chi connectivity index (χ0v) is 9.39. The largest absolute Gasteiger partial charge is 0.396 e. The van der Waals surface area contributed by atoms with E-state index in [0.717, 1.165) is 12.8 Å². The lowest BCUT2D eigenvalue weighted by Gasteiger charge is -2.31. The minimum absolute atomic E-state index is 0.0283. The van der Waals surface area contributed by atoms with Gasteiger partial charge in [0.05, 0.1) is 5.75 Å². The molecule has 0 bridgehead atoms. The number of rotatable bonds is 6. The molecule has 5 heteroatoms. The molecule has 1 saturated carbocycles. The Morgan fingerprint density at radius 2 is 2.14 bits per heavy atom. The third-order valence-electron chi connectivity index (χ3n) is 2.79. The minimum atomic E-state index is -3.17. The predicted molar refractivity (Wildman–Crippen MR) is 55.4 cm³/mol. The van der Waals surface area contributed by atoms with Crippen molar-refractivity contribution >= 4 is 10.0 Å². The van der Waals surface area contributed by atoms with Gasteiger partial charge in [-0.25, -0.2) is 13.1 Å². The molecule has 0 amide bonds. The molecule has 1 rings (SSSR count). The molecule has 1 aliphatic carbocycles. The summed E-state index contributed by atoms with van der Waals surface area (Å²) in [5.74, 6) is 0.541. The first kappa shape index (κ1) is 11.9. The molecule has 2 N–H and O–H groups in total. The molecule has 4 nitrogen and oxygen atoms in total. The van der Waals surface area contributed by atoms with E-state index in [1.54, 1.807) is 0 Å². The molecule has 0 aromatic carbocycles. The smallest absolute Gasteiger partial charge is 0.211 e. The van der Waals surface area contributed by atoms with E-state index >= 15 is 0 Å². The standard InChI is InChI=1S/C9H19NO3S/c1-8(9-4-2-5-9)10-14(12,13)7-3-6-11/h8-11H,2-7H2,1H3. The zero-order chi connectivity index (χ0) is 10.6. The van der Waals surface area contributed by atoms with E-state index in [9.17, 15) is 8.42 Å². The number of aliphatic hydroxyl groups excluding tert-OH is 1. The van der Waals surface area contributed by atoms with Crippen LogP contribution in [0.5, 0.6) is 0 Å². The van der Waals surface area contributed by atoms with E-state index in [4.69, 9.17) is 5.11 Å². The zero-order valence-electron chi connectivity index (χ0n) is 8.57. The molecular formula is C9H19NO3S. The molecule has 1 atom stereocenters. The Morgan fingerprint density at radius 1 is 1.50 bits per heavy atom. The second-order valence-electron chi connectivity index (χ2n) is 3.99. The molecule has 1 unspecified atom stereocenters. The number of nitrogens with one attached hydrogen (secondary N) is 1. The van der Waals surface area contributed by atoms with Crippen molar-refractivity contribution in [1.82, 2.24) is 4.72 Å². The van der Waals surface area contributed by atoms with Gasteiger partial charge < -0.3 is 5.11 Å². The highest BCUT2D eigenvalue weighted by Gasteiger charge is 2.26. The Labute approximate surface area is 85.8 Å². The van der Waals surface area contributed by atoms with Crippen molar-refractivity contribution in [3.05, 3.63) is 0 Å². The fraction of sp³-hybridized carbons (Fsp3) is 1.00. The first-order valence-corrected chi connectivity index (χ1v) is 6.81. The molecule has 84 valence electrons. The van der Waals surface area contributed by atoms with Gasteiger partial charge in [0.2, 0.25) is 10.0 Å². The van der Waals surface area contributed by atoms with Crippen LogP contribution in [0.2, 0.25) is 0 Å². The topological polar surface area (TPSA) is 66.4 Å². The predicted octanol–water partition coefficient (Wildman–Crippen LogP) is 0.477. The Kier molecular flexibility index (Phi) is 4.34. The summed E-state index contributed by atoms with van der Waals surface area (Å²) in [5.41, 5.74) is 0. The second-order valence-corrected chi connectivity index (χ2v) is 5.87. The van der Waals surface area contributed by atoms with Crippen LogP contribution in [-0.2, 0) is 10.0 Å². The summed E-state index contributed by atoms with van der Waals surface area (Å²) in [6, 6.07) is 0.0486. The summed E-state index contributed by atoms with van der Waals surface area (Å²) in [6.07, 6.45) is 3.79. The summed E-state index contributed by atoms with van der Waals surface area (Å²) in [4.78, 5) is 0. The molecule has 1 fully saturated rings. The van der Waals surface area contributed by atoms with E-state index in [1.165, 1.54) is 6.42 Å². The van der Waals surface area contributed by atoms with Crippen LogP contribution in [0.1, 0.15) is 32.6 Å². The van der Waals surface area contributed by atoms with Crippen molar-refractivity contribution in [2.24, 2.45) is 5.92 Å². The minimum Gasteiger partial charge on any atom is -0.396 e. The first-order chi connectivity index (χ1) is 6.55. The van der Waals surface area contributed by atoms with Crippen LogP contribution in [0.4, 0.5) is 0 Å². The summed E-state index contributed by atoms with van der Waals surface area (Å²) in [7, 11) is -3.17. The highest BCUT2D eigenvalue weighted by Crippen LogP contribution is 2.29. The van der Waals surface area contributed by atoms with Crippen LogP contribution in [0.25, 0.3) is 0 Å². The molecule has 0 aromatic heterocycles. The average Bonchev–Trinajstić information content (AvgIpc) is 1.96. The number of sulfonamides is 1. The van der Waals surface area contributed by atoms with Gasteiger partial charge in [-0.15, -0.1) is 0 Å². The van der Waals surface area contributed by atoms with Gasteiger partial charge in [0.1, 0.15) is 0 Å². The summed E-state index contributed by atoms with van der Waals surface area (Å²) in [5, 5.41) is 8.54. The quantitative estimate of drug-likeness (QED) is 0.685. The van der Waals surface area contributed by atoms with Crippen molar-refractivity contribution in [2.45, 2.75) is 38.6 Å². The lowest BCUT2D eigenvalue weighted by atomic mass is 9.81. The number of hydrogen-bond acceptors (Lipinski definition) is 3. The summed E-state index contributed by atoms with van der Waals surface area (Å²) < 4.78 is 25.5. The van der Waals surface area contributed by atoms with E-state index in [1.807, 2.05) is 6.92 Å². The fourth-order valence-corrected chi connectivity index (χ4v) is 3.02. The Bertz CT molecular complexity index is 259. The number of hydrogen-bond donors (Lipinski definition) is 2.